The normalized spacial score (nSPS) is 18.3. The average molecular weight is 426 g/mol. The van der Waals surface area contributed by atoms with Crippen molar-refractivity contribution in [3.63, 3.8) is 0 Å². The Bertz CT molecular complexity index is 1130. The summed E-state index contributed by atoms with van der Waals surface area (Å²) < 4.78 is 52.2. The number of phenolic OH excluding ortho intramolecular Hbond substituents is 1. The molecule has 2 aliphatic rings. The predicted octanol–water partition coefficient (Wildman–Crippen LogP) is 0.0786. The van der Waals surface area contributed by atoms with Crippen molar-refractivity contribution in [2.45, 2.75) is 4.90 Å². The quantitative estimate of drug-likeness (QED) is 0.651. The first-order valence-electron chi connectivity index (χ1n) is 8.06. The van der Waals surface area contributed by atoms with Gasteiger partial charge < -0.3 is 15.3 Å². The van der Waals surface area contributed by atoms with E-state index in [0.29, 0.717) is 0 Å². The predicted molar refractivity (Wildman–Crippen MR) is 103 cm³/mol. The van der Waals surface area contributed by atoms with Gasteiger partial charge in [-0.3, -0.25) is 4.79 Å². The van der Waals surface area contributed by atoms with Gasteiger partial charge in [0.15, 0.2) is 0 Å². The van der Waals surface area contributed by atoms with Crippen LogP contribution in [0.15, 0.2) is 51.4 Å². The molecule has 0 atom stereocenters. The number of hydrogen-bond donors (Lipinski definition) is 2. The second-order valence-corrected chi connectivity index (χ2v) is 10.2. The summed E-state index contributed by atoms with van der Waals surface area (Å²) in [5.41, 5.74) is 0.126. The van der Waals surface area contributed by atoms with Gasteiger partial charge in [-0.1, -0.05) is 0 Å². The highest BCUT2D eigenvalue weighted by molar-refractivity contribution is 7.90. The van der Waals surface area contributed by atoms with Gasteiger partial charge in [0.1, 0.15) is 11.6 Å². The summed E-state index contributed by atoms with van der Waals surface area (Å²) in [6.45, 7) is 0.157. The highest BCUT2D eigenvalue weighted by Crippen LogP contribution is 2.28. The number of fused-ring (bicyclic) bond motifs is 1. The minimum absolute atomic E-state index is 0.0667. The van der Waals surface area contributed by atoms with Gasteiger partial charge >= 0.3 is 0 Å². The van der Waals surface area contributed by atoms with Crippen molar-refractivity contribution in [1.82, 2.24) is 9.21 Å². The van der Waals surface area contributed by atoms with Crippen LogP contribution >= 0.6 is 0 Å². The van der Waals surface area contributed by atoms with Gasteiger partial charge in [0.25, 0.3) is 15.9 Å². The van der Waals surface area contributed by atoms with Crippen molar-refractivity contribution in [1.29, 1.82) is 0 Å². The zero-order valence-electron chi connectivity index (χ0n) is 15.0. The number of carbonyl (C=O) groups excluding carboxylic acids is 1. The number of carbonyl (C=O) groups is 1. The molecule has 0 unspecified atom stereocenters. The first-order chi connectivity index (χ1) is 13.0. The van der Waals surface area contributed by atoms with E-state index < -0.39 is 26.0 Å². The number of amidine groups is 1. The molecule has 1 aromatic carbocycles. The zero-order valence-corrected chi connectivity index (χ0v) is 16.7. The first-order valence-corrected chi connectivity index (χ1v) is 11.1. The third-order valence-electron chi connectivity index (χ3n) is 4.08. The highest BCUT2D eigenvalue weighted by atomic mass is 32.2. The molecule has 2 N–H and O–H groups in total. The maximum Gasteiger partial charge on any atom is 0.257 e. The Hall–Kier alpha value is -2.70. The summed E-state index contributed by atoms with van der Waals surface area (Å²) in [5.74, 6) is -0.845. The smallest absolute Gasteiger partial charge is 0.257 e. The molecule has 0 aromatic heterocycles. The van der Waals surface area contributed by atoms with Crippen LogP contribution in [0, 0.1) is 0 Å². The zero-order chi connectivity index (χ0) is 20.7. The SMILES string of the molecule is CN(C)S(=O)(=O)c1ccc(O)c(NC(=O)C2=CN3CCS(=O)(=O)N=C3C=C2)c1. The fraction of sp³-hybridized carbons (Fsp3) is 0.250. The minimum Gasteiger partial charge on any atom is -0.506 e. The number of phenols is 1. The summed E-state index contributed by atoms with van der Waals surface area (Å²) in [7, 11) is -4.50. The van der Waals surface area contributed by atoms with Gasteiger partial charge in [-0.15, -0.1) is 4.40 Å². The molecule has 2 aliphatic heterocycles. The molecule has 1 amide bonds. The Morgan fingerprint density at radius 2 is 2.00 bits per heavy atom. The number of rotatable bonds is 4. The lowest BCUT2D eigenvalue weighted by Crippen LogP contribution is -2.37. The summed E-state index contributed by atoms with van der Waals surface area (Å²) in [5, 5.41) is 12.4. The monoisotopic (exact) mass is 426 g/mol. The van der Waals surface area contributed by atoms with Gasteiger partial charge in [0, 0.05) is 26.8 Å². The number of benzene rings is 1. The lowest BCUT2D eigenvalue weighted by molar-refractivity contribution is -0.112. The first kappa shape index (κ1) is 20.0. The van der Waals surface area contributed by atoms with Crippen molar-refractivity contribution in [2.24, 2.45) is 4.40 Å². The van der Waals surface area contributed by atoms with E-state index >= 15 is 0 Å². The summed E-state index contributed by atoms with van der Waals surface area (Å²) in [4.78, 5) is 14.0. The number of hydrogen-bond acceptors (Lipinski definition) is 7. The Kier molecular flexibility index (Phi) is 5.04. The van der Waals surface area contributed by atoms with Crippen molar-refractivity contribution < 1.29 is 26.7 Å². The number of sulfonamides is 2. The van der Waals surface area contributed by atoms with Gasteiger partial charge in [-0.25, -0.2) is 21.1 Å². The Labute approximate surface area is 162 Å². The maximum atomic E-state index is 12.5. The third-order valence-corrected chi connectivity index (χ3v) is 7.06. The summed E-state index contributed by atoms with van der Waals surface area (Å²) in [6.07, 6.45) is 4.24. The number of nitrogens with zero attached hydrogens (tertiary/aromatic N) is 3. The molecule has 0 spiro atoms. The molecule has 150 valence electrons. The molecule has 0 saturated carbocycles. The average Bonchev–Trinajstić information content (AvgIpc) is 2.62. The second kappa shape index (κ2) is 7.04. The molecular formula is C16H18N4O6S2. The van der Waals surface area contributed by atoms with Gasteiger partial charge in [0.05, 0.1) is 21.9 Å². The van der Waals surface area contributed by atoms with E-state index in [1.807, 2.05) is 0 Å². The van der Waals surface area contributed by atoms with E-state index in [-0.39, 0.29) is 40.0 Å². The molecule has 0 fully saturated rings. The number of anilines is 1. The highest BCUT2D eigenvalue weighted by Gasteiger charge is 2.25. The van der Waals surface area contributed by atoms with E-state index in [9.17, 15) is 26.7 Å². The molecule has 0 aliphatic carbocycles. The minimum atomic E-state index is -3.74. The Morgan fingerprint density at radius 1 is 1.29 bits per heavy atom. The summed E-state index contributed by atoms with van der Waals surface area (Å²) in [6, 6.07) is 3.57. The molecule has 3 rings (SSSR count). The topological polar surface area (TPSA) is 136 Å². The van der Waals surface area contributed by atoms with Gasteiger partial charge in [-0.2, -0.15) is 0 Å². The van der Waals surface area contributed by atoms with Crippen LogP contribution in [0.2, 0.25) is 0 Å². The van der Waals surface area contributed by atoms with E-state index in [1.165, 1.54) is 49.5 Å². The molecule has 1 aromatic rings. The molecule has 2 heterocycles. The van der Waals surface area contributed by atoms with E-state index in [4.69, 9.17) is 0 Å². The molecule has 0 saturated heterocycles. The lowest BCUT2D eigenvalue weighted by Gasteiger charge is -2.27. The van der Waals surface area contributed by atoms with Crippen LogP contribution in [0.25, 0.3) is 0 Å². The fourth-order valence-electron chi connectivity index (χ4n) is 2.52. The van der Waals surface area contributed by atoms with Crippen LogP contribution in [0.5, 0.6) is 5.75 Å². The van der Waals surface area contributed by atoms with E-state index in [0.717, 1.165) is 10.4 Å². The van der Waals surface area contributed by atoms with Crippen LogP contribution in [0.4, 0.5) is 5.69 Å². The van der Waals surface area contributed by atoms with Crippen molar-refractivity contribution >= 4 is 37.5 Å². The van der Waals surface area contributed by atoms with Gasteiger partial charge in [-0.05, 0) is 30.4 Å². The van der Waals surface area contributed by atoms with E-state index in [2.05, 4.69) is 9.71 Å². The second-order valence-electron chi connectivity index (χ2n) is 6.27. The fourth-order valence-corrected chi connectivity index (χ4v) is 4.41. The molecular weight excluding hydrogens is 408 g/mol. The molecule has 0 bridgehead atoms. The molecule has 12 heteroatoms. The van der Waals surface area contributed by atoms with Gasteiger partial charge in [0.2, 0.25) is 10.0 Å². The van der Waals surface area contributed by atoms with Crippen molar-refractivity contribution in [3.05, 3.63) is 42.1 Å². The van der Waals surface area contributed by atoms with Crippen LogP contribution in [-0.2, 0) is 24.8 Å². The Balaban J connectivity index is 1.85. The lowest BCUT2D eigenvalue weighted by atomic mass is 10.1. The van der Waals surface area contributed by atoms with E-state index in [1.54, 1.807) is 0 Å². The largest absolute Gasteiger partial charge is 0.506 e. The molecule has 28 heavy (non-hydrogen) atoms. The number of nitrogens with one attached hydrogen (secondary N) is 1. The van der Waals surface area contributed by atoms with Crippen LogP contribution in [-0.4, -0.2) is 69.3 Å². The number of aromatic hydroxyl groups is 1. The third kappa shape index (κ3) is 3.93. The van der Waals surface area contributed by atoms with Crippen LogP contribution in [0.3, 0.4) is 0 Å². The van der Waals surface area contributed by atoms with Crippen molar-refractivity contribution in [2.75, 3.05) is 31.7 Å². The Morgan fingerprint density at radius 3 is 2.68 bits per heavy atom. The standard InChI is InChI=1S/C16H18N4O6S2/c1-19(2)28(25,26)12-4-5-14(21)13(9-12)17-16(22)11-3-6-15-18-27(23,24)8-7-20(15)10-11/h3-6,9-10,21H,7-8H2,1-2H3,(H,17,22). The maximum absolute atomic E-state index is 12.5. The summed E-state index contributed by atoms with van der Waals surface area (Å²) >= 11 is 0. The van der Waals surface area contributed by atoms with Crippen LogP contribution < -0.4 is 5.32 Å². The number of amides is 1. The van der Waals surface area contributed by atoms with Crippen molar-refractivity contribution in [3.8, 4) is 5.75 Å². The van der Waals surface area contributed by atoms with Crippen LogP contribution in [0.1, 0.15) is 0 Å². The molecule has 10 nitrogen and oxygen atoms in total. The molecule has 0 radical (unpaired) electrons.